The summed E-state index contributed by atoms with van der Waals surface area (Å²) in [5.74, 6) is 1.40. The molecule has 0 radical (unpaired) electrons. The van der Waals surface area contributed by atoms with E-state index in [1.165, 1.54) is 32.6 Å². The molecule has 0 aliphatic heterocycles. The van der Waals surface area contributed by atoms with Crippen molar-refractivity contribution in [2.24, 2.45) is 0 Å². The van der Waals surface area contributed by atoms with Crippen LogP contribution in [0.4, 0.5) is 0 Å². The lowest BCUT2D eigenvalue weighted by Gasteiger charge is -2.12. The number of benzene rings is 7. The molecule has 51 heavy (non-hydrogen) atoms. The Kier molecular flexibility index (Phi) is 5.89. The van der Waals surface area contributed by atoms with E-state index in [-0.39, 0.29) is 0 Å². The van der Waals surface area contributed by atoms with Crippen LogP contribution in [0.15, 0.2) is 174 Å². The third-order valence-corrected chi connectivity index (χ3v) is 10.1. The third-order valence-electron chi connectivity index (χ3n) is 10.1. The molecule has 0 N–H and O–H groups in total. The highest BCUT2D eigenvalue weighted by Gasteiger charge is 2.23. The van der Waals surface area contributed by atoms with Crippen molar-refractivity contribution < 1.29 is 4.42 Å². The van der Waals surface area contributed by atoms with E-state index in [9.17, 15) is 0 Å². The second-order valence-corrected chi connectivity index (χ2v) is 13.0. The first-order valence-corrected chi connectivity index (χ1v) is 17.2. The predicted octanol–water partition coefficient (Wildman–Crippen LogP) is 11.9. The number of fused-ring (bicyclic) bond motifs is 10. The van der Waals surface area contributed by atoms with Gasteiger partial charge in [-0.15, -0.1) is 0 Å². The largest absolute Gasteiger partial charge is 0.455 e. The Morgan fingerprint density at radius 2 is 1.12 bits per heavy atom. The van der Waals surface area contributed by atoms with E-state index in [2.05, 4.69) is 155 Å². The maximum absolute atomic E-state index is 6.50. The molecule has 4 aromatic heterocycles. The summed E-state index contributed by atoms with van der Waals surface area (Å²) in [5, 5.41) is 6.92. The van der Waals surface area contributed by atoms with Crippen LogP contribution in [0.2, 0.25) is 0 Å². The summed E-state index contributed by atoms with van der Waals surface area (Å²) in [6, 6.07) is 59.4. The van der Waals surface area contributed by atoms with Gasteiger partial charge in [-0.1, -0.05) is 121 Å². The van der Waals surface area contributed by atoms with Crippen LogP contribution in [-0.2, 0) is 0 Å². The number of para-hydroxylation sites is 5. The molecule has 4 heterocycles. The number of aromatic nitrogens is 4. The van der Waals surface area contributed by atoms with Crippen LogP contribution >= 0.6 is 0 Å². The molecule has 0 fully saturated rings. The van der Waals surface area contributed by atoms with Crippen LogP contribution in [0.3, 0.4) is 0 Å². The fourth-order valence-electron chi connectivity index (χ4n) is 7.95. The van der Waals surface area contributed by atoms with E-state index < -0.39 is 0 Å². The van der Waals surface area contributed by atoms with E-state index in [1.54, 1.807) is 0 Å². The molecule has 5 nitrogen and oxygen atoms in total. The smallest absolute Gasteiger partial charge is 0.165 e. The minimum Gasteiger partial charge on any atom is -0.455 e. The van der Waals surface area contributed by atoms with E-state index >= 15 is 0 Å². The van der Waals surface area contributed by atoms with Gasteiger partial charge in [-0.05, 0) is 42.5 Å². The van der Waals surface area contributed by atoms with Gasteiger partial charge >= 0.3 is 0 Å². The summed E-state index contributed by atoms with van der Waals surface area (Å²) in [5.41, 5.74) is 9.99. The van der Waals surface area contributed by atoms with Gasteiger partial charge in [0.25, 0.3) is 0 Å². The first-order chi connectivity index (χ1) is 25.3. The van der Waals surface area contributed by atoms with Gasteiger partial charge in [-0.3, -0.25) is 4.57 Å². The Labute approximate surface area is 292 Å². The Balaban J connectivity index is 1.26. The molecule has 0 atom stereocenters. The maximum atomic E-state index is 6.50. The molecule has 0 aliphatic rings. The average Bonchev–Trinajstić information content (AvgIpc) is 3.86. The van der Waals surface area contributed by atoms with Gasteiger partial charge in [0.2, 0.25) is 0 Å². The van der Waals surface area contributed by atoms with Crippen molar-refractivity contribution >= 4 is 65.6 Å². The summed E-state index contributed by atoms with van der Waals surface area (Å²) in [6.07, 6.45) is 0. The summed E-state index contributed by atoms with van der Waals surface area (Å²) in [4.78, 5) is 10.6. The van der Waals surface area contributed by atoms with E-state index in [0.717, 1.165) is 61.3 Å². The molecule has 0 saturated carbocycles. The predicted molar refractivity (Wildman–Crippen MR) is 209 cm³/mol. The molecule has 0 saturated heterocycles. The van der Waals surface area contributed by atoms with Crippen LogP contribution in [-0.4, -0.2) is 19.1 Å². The standard InChI is InChI=1S/C46H28N4O/c1-3-14-29(15-4-1)37-28-42(48-46(47-37)36-22-13-21-34-32-19-9-12-25-41(32)51-45(34)36)50-39-24-11-8-20-35(39)43-40(50)27-26-33-31-18-7-10-23-38(31)49(44(33)43)30-16-5-2-6-17-30/h1-28H. The molecule has 0 amide bonds. The van der Waals surface area contributed by atoms with Gasteiger partial charge in [0, 0.05) is 49.6 Å². The minimum atomic E-state index is 0.612. The second kappa shape index (κ2) is 10.8. The Hall–Kier alpha value is -6.98. The SMILES string of the molecule is c1ccc(-c2cc(-n3c4ccccc4c4c3ccc3c5ccccc5n(-c5ccccc5)c34)nc(-c3cccc4c3oc3ccccc34)n2)cc1. The van der Waals surface area contributed by atoms with Crippen molar-refractivity contribution in [1.82, 2.24) is 19.1 Å². The monoisotopic (exact) mass is 652 g/mol. The molecule has 0 spiro atoms. The molecule has 5 heteroatoms. The minimum absolute atomic E-state index is 0.612. The van der Waals surface area contributed by atoms with Crippen LogP contribution in [0.1, 0.15) is 0 Å². The number of hydrogen-bond acceptors (Lipinski definition) is 3. The number of hydrogen-bond donors (Lipinski definition) is 0. The summed E-state index contributed by atoms with van der Waals surface area (Å²) < 4.78 is 11.2. The second-order valence-electron chi connectivity index (χ2n) is 13.0. The zero-order chi connectivity index (χ0) is 33.5. The topological polar surface area (TPSA) is 48.8 Å². The zero-order valence-corrected chi connectivity index (χ0v) is 27.4. The molecule has 0 aliphatic carbocycles. The number of rotatable bonds is 4. The average molecular weight is 653 g/mol. The highest BCUT2D eigenvalue weighted by atomic mass is 16.3. The third kappa shape index (κ3) is 4.09. The number of nitrogens with zero attached hydrogens (tertiary/aromatic N) is 4. The van der Waals surface area contributed by atoms with Crippen LogP contribution in [0.5, 0.6) is 0 Å². The molecule has 0 unspecified atom stereocenters. The van der Waals surface area contributed by atoms with Crippen LogP contribution < -0.4 is 0 Å². The van der Waals surface area contributed by atoms with E-state index in [4.69, 9.17) is 14.4 Å². The van der Waals surface area contributed by atoms with E-state index in [0.29, 0.717) is 5.82 Å². The summed E-state index contributed by atoms with van der Waals surface area (Å²) in [6.45, 7) is 0. The first-order valence-electron chi connectivity index (χ1n) is 17.2. The summed E-state index contributed by atoms with van der Waals surface area (Å²) >= 11 is 0. The highest BCUT2D eigenvalue weighted by Crippen LogP contribution is 2.42. The normalized spacial score (nSPS) is 11.9. The van der Waals surface area contributed by atoms with E-state index in [1.807, 2.05) is 24.3 Å². The lowest BCUT2D eigenvalue weighted by Crippen LogP contribution is -2.02. The molecular weight excluding hydrogens is 625 g/mol. The van der Waals surface area contributed by atoms with Crippen molar-refractivity contribution in [2.45, 2.75) is 0 Å². The quantitative estimate of drug-likeness (QED) is 0.190. The van der Waals surface area contributed by atoms with Gasteiger partial charge in [0.05, 0.1) is 33.3 Å². The fourth-order valence-corrected chi connectivity index (χ4v) is 7.95. The van der Waals surface area contributed by atoms with Crippen LogP contribution in [0.25, 0.3) is 99.7 Å². The molecule has 7 aromatic carbocycles. The molecule has 11 aromatic rings. The Morgan fingerprint density at radius 1 is 0.451 bits per heavy atom. The summed E-state index contributed by atoms with van der Waals surface area (Å²) in [7, 11) is 0. The maximum Gasteiger partial charge on any atom is 0.165 e. The van der Waals surface area contributed by atoms with Crippen molar-refractivity contribution in [3.05, 3.63) is 170 Å². The van der Waals surface area contributed by atoms with Gasteiger partial charge in [0.1, 0.15) is 17.0 Å². The van der Waals surface area contributed by atoms with Gasteiger partial charge in [0.15, 0.2) is 5.82 Å². The van der Waals surface area contributed by atoms with Gasteiger partial charge < -0.3 is 8.98 Å². The van der Waals surface area contributed by atoms with Crippen LogP contribution in [0, 0.1) is 0 Å². The number of furan rings is 1. The van der Waals surface area contributed by atoms with Crippen molar-refractivity contribution in [2.75, 3.05) is 0 Å². The van der Waals surface area contributed by atoms with Crippen molar-refractivity contribution in [3.8, 4) is 34.2 Å². The Bertz CT molecular complexity index is 3130. The molecule has 11 rings (SSSR count). The lowest BCUT2D eigenvalue weighted by atomic mass is 10.1. The molecule has 238 valence electrons. The first kappa shape index (κ1) is 27.9. The van der Waals surface area contributed by atoms with Crippen molar-refractivity contribution in [1.29, 1.82) is 0 Å². The fraction of sp³-hybridized carbons (Fsp3) is 0. The van der Waals surface area contributed by atoms with Gasteiger partial charge in [-0.2, -0.15) is 0 Å². The lowest BCUT2D eigenvalue weighted by molar-refractivity contribution is 0.669. The molecule has 0 bridgehead atoms. The Morgan fingerprint density at radius 3 is 1.94 bits per heavy atom. The van der Waals surface area contributed by atoms with Gasteiger partial charge in [-0.25, -0.2) is 9.97 Å². The molecular formula is C46H28N4O. The van der Waals surface area contributed by atoms with Crippen molar-refractivity contribution in [3.63, 3.8) is 0 Å². The highest BCUT2D eigenvalue weighted by molar-refractivity contribution is 6.26. The zero-order valence-electron chi connectivity index (χ0n) is 27.4.